The molecule has 4 nitrogen and oxygen atoms in total. The van der Waals surface area contributed by atoms with E-state index in [2.05, 4.69) is 4.98 Å². The van der Waals surface area contributed by atoms with Crippen LogP contribution in [0.4, 0.5) is 0 Å². The van der Waals surface area contributed by atoms with Crippen LogP contribution in [0.25, 0.3) is 0 Å². The summed E-state index contributed by atoms with van der Waals surface area (Å²) >= 11 is 0. The first-order valence-corrected chi connectivity index (χ1v) is 5.49. The Hall–Kier alpha value is -1.81. The normalized spacial score (nSPS) is 14.5. The number of hydrogen-bond donors (Lipinski definition) is 2. The van der Waals surface area contributed by atoms with Gasteiger partial charge in [-0.15, -0.1) is 0 Å². The van der Waals surface area contributed by atoms with Gasteiger partial charge in [-0.1, -0.05) is 18.2 Å². The summed E-state index contributed by atoms with van der Waals surface area (Å²) in [7, 11) is 0. The second-order valence-electron chi connectivity index (χ2n) is 4.39. The molecule has 0 saturated carbocycles. The lowest BCUT2D eigenvalue weighted by molar-refractivity contribution is 0.0354. The molecule has 1 atom stereocenters. The van der Waals surface area contributed by atoms with Crippen molar-refractivity contribution in [1.82, 2.24) is 9.55 Å². The number of aliphatic hydroxyl groups is 1. The van der Waals surface area contributed by atoms with Crippen molar-refractivity contribution in [3.8, 4) is 5.75 Å². The number of nitrogens with zero attached hydrogens (tertiary/aromatic N) is 2. The lowest BCUT2D eigenvalue weighted by Gasteiger charge is -2.25. The van der Waals surface area contributed by atoms with Gasteiger partial charge < -0.3 is 14.8 Å². The van der Waals surface area contributed by atoms with Crippen molar-refractivity contribution in [3.63, 3.8) is 0 Å². The van der Waals surface area contributed by atoms with Crippen LogP contribution in [-0.2, 0) is 12.1 Å². The Balaban J connectivity index is 2.31. The van der Waals surface area contributed by atoms with Crippen LogP contribution >= 0.6 is 0 Å². The molecule has 0 amide bonds. The molecule has 2 N–H and O–H groups in total. The fraction of sp³-hybridized carbons (Fsp3) is 0.308. The number of rotatable bonds is 3. The molecule has 0 saturated heterocycles. The third kappa shape index (κ3) is 2.31. The van der Waals surface area contributed by atoms with Gasteiger partial charge >= 0.3 is 0 Å². The second kappa shape index (κ2) is 4.22. The molecule has 0 aliphatic carbocycles. The summed E-state index contributed by atoms with van der Waals surface area (Å²) in [6.45, 7) is 3.92. The highest BCUT2D eigenvalue weighted by Crippen LogP contribution is 2.30. The molecular weight excluding hydrogens is 216 g/mol. The van der Waals surface area contributed by atoms with Crippen LogP contribution in [0.2, 0.25) is 0 Å². The highest BCUT2D eigenvalue weighted by Gasteiger charge is 2.26. The molecule has 0 aliphatic rings. The molecule has 1 heterocycles. The van der Waals surface area contributed by atoms with Crippen LogP contribution in [0.3, 0.4) is 0 Å². The molecule has 0 fully saturated rings. The van der Waals surface area contributed by atoms with Gasteiger partial charge in [0.05, 0.1) is 6.54 Å². The van der Waals surface area contributed by atoms with Crippen molar-refractivity contribution in [2.75, 3.05) is 0 Å². The van der Waals surface area contributed by atoms with Gasteiger partial charge in [0.2, 0.25) is 0 Å². The van der Waals surface area contributed by atoms with Gasteiger partial charge in [-0.25, -0.2) is 4.98 Å². The van der Waals surface area contributed by atoms with Crippen LogP contribution < -0.4 is 0 Å². The predicted molar refractivity (Wildman–Crippen MR) is 64.6 cm³/mol. The number of phenols is 1. The largest absolute Gasteiger partial charge is 0.508 e. The zero-order valence-electron chi connectivity index (χ0n) is 9.96. The number of benzene rings is 1. The Morgan fingerprint density at radius 3 is 2.65 bits per heavy atom. The minimum absolute atomic E-state index is 0.107. The van der Waals surface area contributed by atoms with E-state index in [1.807, 2.05) is 17.7 Å². The maximum absolute atomic E-state index is 10.5. The third-order valence-electron chi connectivity index (χ3n) is 2.89. The van der Waals surface area contributed by atoms with E-state index < -0.39 is 5.60 Å². The molecule has 17 heavy (non-hydrogen) atoms. The molecule has 2 aromatic rings. The van der Waals surface area contributed by atoms with Crippen molar-refractivity contribution in [1.29, 1.82) is 0 Å². The van der Waals surface area contributed by atoms with Gasteiger partial charge in [-0.05, 0) is 19.9 Å². The van der Waals surface area contributed by atoms with Gasteiger partial charge in [0.25, 0.3) is 0 Å². The van der Waals surface area contributed by atoms with Crippen LogP contribution in [0, 0.1) is 6.92 Å². The van der Waals surface area contributed by atoms with Crippen molar-refractivity contribution in [3.05, 3.63) is 48.0 Å². The number of imidazole rings is 1. The summed E-state index contributed by atoms with van der Waals surface area (Å²) in [4.78, 5) is 4.11. The zero-order chi connectivity index (χ0) is 12.5. The second-order valence-corrected chi connectivity index (χ2v) is 4.39. The summed E-state index contributed by atoms with van der Waals surface area (Å²) < 4.78 is 1.85. The molecule has 0 aliphatic heterocycles. The van der Waals surface area contributed by atoms with Gasteiger partial charge in [-0.3, -0.25) is 0 Å². The van der Waals surface area contributed by atoms with Gasteiger partial charge in [0.1, 0.15) is 17.2 Å². The van der Waals surface area contributed by atoms with Gasteiger partial charge in [0, 0.05) is 18.0 Å². The molecule has 90 valence electrons. The third-order valence-corrected chi connectivity index (χ3v) is 2.89. The zero-order valence-corrected chi connectivity index (χ0v) is 9.96. The Morgan fingerprint density at radius 1 is 1.35 bits per heavy atom. The number of aryl methyl sites for hydroxylation is 1. The minimum atomic E-state index is -1.13. The maximum Gasteiger partial charge on any atom is 0.121 e. The number of aromatic nitrogens is 2. The molecule has 1 unspecified atom stereocenters. The first-order valence-electron chi connectivity index (χ1n) is 5.49. The standard InChI is InChI=1S/C13H16N2O2/c1-10-14-7-8-15(10)9-13(2,17)11-5-3-4-6-12(11)16/h3-8,16-17H,9H2,1-2H3. The molecule has 2 rings (SSSR count). The Kier molecular flexibility index (Phi) is 2.90. The SMILES string of the molecule is Cc1nccn1CC(C)(O)c1ccccc1O. The first kappa shape index (κ1) is 11.7. The predicted octanol–water partition coefficient (Wildman–Crippen LogP) is 1.80. The van der Waals surface area contributed by atoms with E-state index in [0.29, 0.717) is 12.1 Å². The topological polar surface area (TPSA) is 58.3 Å². The minimum Gasteiger partial charge on any atom is -0.508 e. The number of aromatic hydroxyl groups is 1. The number of phenolic OH excluding ortho intramolecular Hbond substituents is 1. The highest BCUT2D eigenvalue weighted by atomic mass is 16.3. The summed E-state index contributed by atoms with van der Waals surface area (Å²) in [6, 6.07) is 6.83. The van der Waals surface area contributed by atoms with Gasteiger partial charge in [-0.2, -0.15) is 0 Å². The quantitative estimate of drug-likeness (QED) is 0.848. The van der Waals surface area contributed by atoms with Crippen LogP contribution in [0.15, 0.2) is 36.7 Å². The molecule has 0 bridgehead atoms. The van der Waals surface area contributed by atoms with E-state index in [4.69, 9.17) is 0 Å². The summed E-state index contributed by atoms with van der Waals surface area (Å²) in [5, 5.41) is 20.2. The highest BCUT2D eigenvalue weighted by molar-refractivity contribution is 5.36. The molecular formula is C13H16N2O2. The molecule has 1 aromatic heterocycles. The van der Waals surface area contributed by atoms with E-state index in [1.165, 1.54) is 0 Å². The fourth-order valence-electron chi connectivity index (χ4n) is 1.92. The smallest absolute Gasteiger partial charge is 0.121 e. The Morgan fingerprint density at radius 2 is 2.06 bits per heavy atom. The van der Waals surface area contributed by atoms with E-state index in [-0.39, 0.29) is 5.75 Å². The van der Waals surface area contributed by atoms with Crippen LogP contribution in [0.5, 0.6) is 5.75 Å². The summed E-state index contributed by atoms with van der Waals surface area (Å²) in [5.74, 6) is 0.941. The van der Waals surface area contributed by atoms with Gasteiger partial charge in [0.15, 0.2) is 0 Å². The molecule has 1 aromatic carbocycles. The van der Waals surface area contributed by atoms with E-state index in [1.54, 1.807) is 37.4 Å². The molecule has 0 spiro atoms. The number of hydrogen-bond acceptors (Lipinski definition) is 3. The lowest BCUT2D eigenvalue weighted by atomic mass is 9.95. The van der Waals surface area contributed by atoms with Crippen LogP contribution in [0.1, 0.15) is 18.3 Å². The molecule has 4 heteroatoms. The van der Waals surface area contributed by atoms with Crippen molar-refractivity contribution in [2.45, 2.75) is 26.0 Å². The van der Waals surface area contributed by atoms with E-state index in [0.717, 1.165) is 5.82 Å². The number of para-hydroxylation sites is 1. The first-order chi connectivity index (χ1) is 8.00. The maximum atomic E-state index is 10.5. The van der Waals surface area contributed by atoms with Crippen molar-refractivity contribution < 1.29 is 10.2 Å². The molecule has 0 radical (unpaired) electrons. The average Bonchev–Trinajstić information content (AvgIpc) is 2.64. The average molecular weight is 232 g/mol. The van der Waals surface area contributed by atoms with Crippen molar-refractivity contribution >= 4 is 0 Å². The van der Waals surface area contributed by atoms with Crippen molar-refractivity contribution in [2.24, 2.45) is 0 Å². The van der Waals surface area contributed by atoms with Crippen LogP contribution in [-0.4, -0.2) is 19.8 Å². The van der Waals surface area contributed by atoms with E-state index in [9.17, 15) is 10.2 Å². The monoisotopic (exact) mass is 232 g/mol. The lowest BCUT2D eigenvalue weighted by Crippen LogP contribution is -2.28. The van der Waals surface area contributed by atoms with E-state index >= 15 is 0 Å². The Bertz CT molecular complexity index is 518. The summed E-state index contributed by atoms with van der Waals surface area (Å²) in [6.07, 6.45) is 3.50. The fourth-order valence-corrected chi connectivity index (χ4v) is 1.92. The summed E-state index contributed by atoms with van der Waals surface area (Å²) in [5.41, 5.74) is -0.607. The Labute approximate surface area is 100 Å².